The zero-order valence-electron chi connectivity index (χ0n) is 13.6. The molecule has 1 aliphatic carbocycles. The molecule has 3 heterocycles. The average molecular weight is 329 g/mol. The molecule has 1 fully saturated rings. The predicted molar refractivity (Wildman–Crippen MR) is 87.5 cm³/mol. The third-order valence-electron chi connectivity index (χ3n) is 4.93. The second-order valence-corrected chi connectivity index (χ2v) is 6.51. The van der Waals surface area contributed by atoms with Gasteiger partial charge in [0.15, 0.2) is 5.69 Å². The summed E-state index contributed by atoms with van der Waals surface area (Å²) >= 11 is 0. The smallest absolute Gasteiger partial charge is 0.274 e. The molecule has 0 aromatic carbocycles. The van der Waals surface area contributed by atoms with Crippen LogP contribution in [0.15, 0.2) is 18.3 Å². The Bertz CT molecular complexity index is 757. The molecule has 0 bridgehead atoms. The second-order valence-electron chi connectivity index (χ2n) is 6.51. The number of carbonyl (C=O) groups is 1. The molecule has 2 aromatic rings. The largest absolute Gasteiger partial charge is 0.350 e. The van der Waals surface area contributed by atoms with E-state index in [1.165, 1.54) is 12.3 Å². The average Bonchev–Trinajstić information content (AvgIpc) is 3.18. The molecule has 4 rings (SSSR count). The van der Waals surface area contributed by atoms with Crippen LogP contribution < -0.4 is 4.90 Å². The number of amides is 1. The van der Waals surface area contributed by atoms with Crippen molar-refractivity contribution in [2.45, 2.75) is 32.2 Å². The first-order chi connectivity index (χ1) is 11.6. The number of fused-ring (bicyclic) bond motifs is 1. The summed E-state index contributed by atoms with van der Waals surface area (Å²) in [5, 5.41) is 7.24. The fourth-order valence-corrected chi connectivity index (χ4v) is 3.67. The molecule has 126 valence electrons. The molecular formula is C17H20FN5O. The van der Waals surface area contributed by atoms with Gasteiger partial charge in [0.2, 0.25) is 0 Å². The monoisotopic (exact) mass is 329 g/mol. The Labute approximate surface area is 139 Å². The Morgan fingerprint density at radius 2 is 2.21 bits per heavy atom. The number of anilines is 1. The van der Waals surface area contributed by atoms with E-state index in [9.17, 15) is 9.18 Å². The van der Waals surface area contributed by atoms with Gasteiger partial charge in [-0.15, -0.1) is 0 Å². The Morgan fingerprint density at radius 1 is 1.33 bits per heavy atom. The Hall–Kier alpha value is -2.44. The summed E-state index contributed by atoms with van der Waals surface area (Å²) in [6.45, 7) is 3.96. The van der Waals surface area contributed by atoms with Crippen LogP contribution in [0.5, 0.6) is 0 Å². The summed E-state index contributed by atoms with van der Waals surface area (Å²) in [5.41, 5.74) is 2.79. The van der Waals surface area contributed by atoms with Crippen LogP contribution in [0.4, 0.5) is 10.2 Å². The van der Waals surface area contributed by atoms with Crippen LogP contribution in [-0.4, -0.2) is 51.7 Å². The highest BCUT2D eigenvalue weighted by Gasteiger charge is 2.31. The summed E-state index contributed by atoms with van der Waals surface area (Å²) < 4.78 is 13.0. The van der Waals surface area contributed by atoms with Gasteiger partial charge in [0, 0.05) is 36.9 Å². The number of nitrogens with zero attached hydrogens (tertiary/aromatic N) is 4. The lowest BCUT2D eigenvalue weighted by atomic mass is 10.1. The second kappa shape index (κ2) is 5.89. The van der Waals surface area contributed by atoms with Gasteiger partial charge in [0.05, 0.1) is 6.20 Å². The highest BCUT2D eigenvalue weighted by atomic mass is 19.1. The number of pyridine rings is 1. The molecule has 1 aliphatic heterocycles. The van der Waals surface area contributed by atoms with Crippen molar-refractivity contribution in [3.63, 3.8) is 0 Å². The number of nitrogens with one attached hydrogen (secondary N) is 1. The number of H-pyrrole nitrogens is 1. The molecule has 2 aliphatic rings. The normalized spacial score (nSPS) is 20.3. The van der Waals surface area contributed by atoms with Gasteiger partial charge in [0.25, 0.3) is 5.91 Å². The standard InChI is InChI=1S/C17H20FN5O/c1-11-10-22(7-8-23(11)15-6-5-12(18)9-19-15)17(24)16-13-3-2-4-14(13)20-21-16/h5-6,9,11H,2-4,7-8,10H2,1H3,(H,20,21). The fourth-order valence-electron chi connectivity index (χ4n) is 3.67. The maximum absolute atomic E-state index is 13.0. The van der Waals surface area contributed by atoms with Gasteiger partial charge >= 0.3 is 0 Å². The summed E-state index contributed by atoms with van der Waals surface area (Å²) in [6.07, 6.45) is 4.23. The van der Waals surface area contributed by atoms with Gasteiger partial charge in [-0.1, -0.05) is 0 Å². The van der Waals surface area contributed by atoms with Crippen LogP contribution in [0.3, 0.4) is 0 Å². The van der Waals surface area contributed by atoms with Crippen LogP contribution in [0.25, 0.3) is 0 Å². The number of aromatic nitrogens is 3. The summed E-state index contributed by atoms with van der Waals surface area (Å²) in [4.78, 5) is 20.9. The minimum atomic E-state index is -0.340. The molecule has 0 radical (unpaired) electrons. The van der Waals surface area contributed by atoms with Crippen molar-refractivity contribution >= 4 is 11.7 Å². The van der Waals surface area contributed by atoms with E-state index in [2.05, 4.69) is 27.0 Å². The van der Waals surface area contributed by atoms with E-state index in [4.69, 9.17) is 0 Å². The van der Waals surface area contributed by atoms with Crippen molar-refractivity contribution in [3.05, 3.63) is 41.1 Å². The molecule has 24 heavy (non-hydrogen) atoms. The first kappa shape index (κ1) is 15.1. The Balaban J connectivity index is 1.48. The van der Waals surface area contributed by atoms with Crippen molar-refractivity contribution in [1.29, 1.82) is 0 Å². The molecule has 0 spiro atoms. The lowest BCUT2D eigenvalue weighted by Crippen LogP contribution is -2.54. The quantitative estimate of drug-likeness (QED) is 0.912. The van der Waals surface area contributed by atoms with Crippen molar-refractivity contribution in [2.24, 2.45) is 0 Å². The van der Waals surface area contributed by atoms with E-state index in [-0.39, 0.29) is 17.8 Å². The van der Waals surface area contributed by atoms with Gasteiger partial charge in [-0.25, -0.2) is 9.37 Å². The lowest BCUT2D eigenvalue weighted by Gasteiger charge is -2.40. The van der Waals surface area contributed by atoms with Crippen LogP contribution in [0, 0.1) is 5.82 Å². The SMILES string of the molecule is CC1CN(C(=O)c2n[nH]c3c2CCC3)CCN1c1ccc(F)cn1. The third kappa shape index (κ3) is 2.53. The number of aromatic amines is 1. The van der Waals surface area contributed by atoms with E-state index in [0.717, 1.165) is 36.3 Å². The van der Waals surface area contributed by atoms with Crippen molar-refractivity contribution in [3.8, 4) is 0 Å². The number of aryl methyl sites for hydroxylation is 1. The van der Waals surface area contributed by atoms with E-state index in [1.54, 1.807) is 6.07 Å². The molecule has 1 unspecified atom stereocenters. The molecule has 2 aromatic heterocycles. The maximum Gasteiger partial charge on any atom is 0.274 e. The molecule has 1 N–H and O–H groups in total. The molecule has 1 amide bonds. The van der Waals surface area contributed by atoms with Gasteiger partial charge in [-0.2, -0.15) is 5.10 Å². The van der Waals surface area contributed by atoms with Crippen molar-refractivity contribution < 1.29 is 9.18 Å². The van der Waals surface area contributed by atoms with Gasteiger partial charge in [-0.05, 0) is 38.3 Å². The minimum absolute atomic E-state index is 0.00738. The molecule has 6 nitrogen and oxygen atoms in total. The van der Waals surface area contributed by atoms with E-state index in [1.807, 2.05) is 4.90 Å². The Kier molecular flexibility index (Phi) is 3.70. The fraction of sp³-hybridized carbons (Fsp3) is 0.471. The maximum atomic E-state index is 13.0. The first-order valence-corrected chi connectivity index (χ1v) is 8.37. The van der Waals surface area contributed by atoms with Crippen molar-refractivity contribution in [2.75, 3.05) is 24.5 Å². The first-order valence-electron chi connectivity index (χ1n) is 8.37. The highest BCUT2D eigenvalue weighted by molar-refractivity contribution is 5.94. The van der Waals surface area contributed by atoms with Gasteiger partial charge < -0.3 is 9.80 Å². The third-order valence-corrected chi connectivity index (χ3v) is 4.93. The number of carbonyl (C=O) groups excluding carboxylic acids is 1. The topological polar surface area (TPSA) is 65.1 Å². The van der Waals surface area contributed by atoms with Gasteiger partial charge in [-0.3, -0.25) is 9.89 Å². The van der Waals surface area contributed by atoms with Crippen LogP contribution in [0.1, 0.15) is 35.1 Å². The number of hydrogen-bond donors (Lipinski definition) is 1. The highest BCUT2D eigenvalue weighted by Crippen LogP contribution is 2.25. The van der Waals surface area contributed by atoms with Crippen LogP contribution in [0.2, 0.25) is 0 Å². The Morgan fingerprint density at radius 3 is 2.96 bits per heavy atom. The zero-order chi connectivity index (χ0) is 16.7. The lowest BCUT2D eigenvalue weighted by molar-refractivity contribution is 0.0719. The number of piperazine rings is 1. The van der Waals surface area contributed by atoms with E-state index in [0.29, 0.717) is 25.3 Å². The number of rotatable bonds is 2. The summed E-state index contributed by atoms with van der Waals surface area (Å²) in [7, 11) is 0. The van der Waals surface area contributed by atoms with Crippen LogP contribution >= 0.6 is 0 Å². The summed E-state index contributed by atoms with van der Waals surface area (Å²) in [6, 6.07) is 3.22. The molecule has 1 atom stereocenters. The number of hydrogen-bond acceptors (Lipinski definition) is 4. The molecule has 0 saturated carbocycles. The minimum Gasteiger partial charge on any atom is -0.350 e. The van der Waals surface area contributed by atoms with E-state index >= 15 is 0 Å². The molecule has 1 saturated heterocycles. The predicted octanol–water partition coefficient (Wildman–Crippen LogP) is 1.78. The molecule has 7 heteroatoms. The van der Waals surface area contributed by atoms with Crippen LogP contribution in [-0.2, 0) is 12.8 Å². The number of halogens is 1. The summed E-state index contributed by atoms with van der Waals surface area (Å²) in [5.74, 6) is 0.414. The van der Waals surface area contributed by atoms with Crippen molar-refractivity contribution in [1.82, 2.24) is 20.1 Å². The van der Waals surface area contributed by atoms with Gasteiger partial charge in [0.1, 0.15) is 11.6 Å². The molecular weight excluding hydrogens is 309 g/mol. The van der Waals surface area contributed by atoms with E-state index < -0.39 is 0 Å². The zero-order valence-corrected chi connectivity index (χ0v) is 13.6.